The van der Waals surface area contributed by atoms with Crippen molar-refractivity contribution in [3.63, 3.8) is 0 Å². The van der Waals surface area contributed by atoms with Crippen LogP contribution in [0.5, 0.6) is 0 Å². The minimum atomic E-state index is -0.640. The van der Waals surface area contributed by atoms with Crippen molar-refractivity contribution in [3.8, 4) is 0 Å². The van der Waals surface area contributed by atoms with Crippen molar-refractivity contribution < 1.29 is 9.90 Å². The van der Waals surface area contributed by atoms with Crippen molar-refractivity contribution in [1.29, 1.82) is 0 Å². The first-order chi connectivity index (χ1) is 8.60. The number of nitrogens with one attached hydrogen (secondary N) is 1. The fraction of sp³-hybridized carbons (Fsp3) is 0.615. The Hall–Kier alpha value is -0.910. The van der Waals surface area contributed by atoms with Gasteiger partial charge in [-0.05, 0) is 17.4 Å². The molecule has 1 aromatic rings. The number of rotatable bonds is 7. The van der Waals surface area contributed by atoms with E-state index < -0.39 is 12.1 Å². The molecule has 0 spiro atoms. The number of carbonyl (C=O) groups is 1. The summed E-state index contributed by atoms with van der Waals surface area (Å²) in [4.78, 5) is 12.6. The molecular weight excluding hydrogens is 248 g/mol. The molecule has 4 N–H and O–H groups in total. The summed E-state index contributed by atoms with van der Waals surface area (Å²) in [7, 11) is 0. The van der Waals surface area contributed by atoms with Crippen molar-refractivity contribution in [2.45, 2.75) is 38.8 Å². The van der Waals surface area contributed by atoms with Crippen LogP contribution in [0.4, 0.5) is 0 Å². The van der Waals surface area contributed by atoms with E-state index in [1.54, 1.807) is 0 Å². The first kappa shape index (κ1) is 15.1. The molecule has 5 heteroatoms. The number of thiophene rings is 1. The third-order valence-electron chi connectivity index (χ3n) is 3.21. The lowest BCUT2D eigenvalue weighted by Crippen LogP contribution is -2.40. The average molecular weight is 270 g/mol. The third kappa shape index (κ3) is 4.08. The molecule has 1 rings (SSSR count). The van der Waals surface area contributed by atoms with Crippen molar-refractivity contribution in [1.82, 2.24) is 5.32 Å². The predicted octanol–water partition coefficient (Wildman–Crippen LogP) is 1.66. The summed E-state index contributed by atoms with van der Waals surface area (Å²) in [5.74, 6) is -0.00859. The van der Waals surface area contributed by atoms with E-state index >= 15 is 0 Å². The second kappa shape index (κ2) is 7.51. The zero-order chi connectivity index (χ0) is 13.5. The summed E-state index contributed by atoms with van der Waals surface area (Å²) in [6, 6.07) is 3.07. The van der Waals surface area contributed by atoms with E-state index in [0.29, 0.717) is 0 Å². The quantitative estimate of drug-likeness (QED) is 0.705. The van der Waals surface area contributed by atoms with Crippen molar-refractivity contribution in [3.05, 3.63) is 22.4 Å². The van der Waals surface area contributed by atoms with Crippen LogP contribution >= 0.6 is 11.3 Å². The van der Waals surface area contributed by atoms with Crippen LogP contribution < -0.4 is 11.1 Å². The van der Waals surface area contributed by atoms with E-state index in [-0.39, 0.29) is 18.4 Å². The van der Waals surface area contributed by atoms with Gasteiger partial charge < -0.3 is 16.2 Å². The van der Waals surface area contributed by atoms with Gasteiger partial charge in [-0.25, -0.2) is 0 Å². The van der Waals surface area contributed by atoms with Crippen LogP contribution in [-0.2, 0) is 4.79 Å². The molecule has 2 unspecified atom stereocenters. The van der Waals surface area contributed by atoms with Crippen LogP contribution in [0.2, 0.25) is 0 Å². The molecule has 0 saturated heterocycles. The molecule has 0 aliphatic carbocycles. The molecule has 0 bridgehead atoms. The van der Waals surface area contributed by atoms with Gasteiger partial charge in [-0.1, -0.05) is 32.8 Å². The molecule has 4 nitrogen and oxygen atoms in total. The van der Waals surface area contributed by atoms with Crippen LogP contribution in [0, 0.1) is 5.92 Å². The number of amides is 1. The number of hydrogen-bond donors (Lipinski definition) is 3. The van der Waals surface area contributed by atoms with Crippen LogP contribution in [0.15, 0.2) is 17.5 Å². The Morgan fingerprint density at radius 2 is 2.17 bits per heavy atom. The predicted molar refractivity (Wildman–Crippen MR) is 74.3 cm³/mol. The van der Waals surface area contributed by atoms with Gasteiger partial charge in [-0.15, -0.1) is 11.3 Å². The molecule has 2 atom stereocenters. The first-order valence-corrected chi connectivity index (χ1v) is 7.22. The highest BCUT2D eigenvalue weighted by Crippen LogP contribution is 2.17. The summed E-state index contributed by atoms with van der Waals surface area (Å²) < 4.78 is 0. The highest BCUT2D eigenvalue weighted by molar-refractivity contribution is 7.10. The molecule has 1 amide bonds. The van der Waals surface area contributed by atoms with Gasteiger partial charge >= 0.3 is 0 Å². The topological polar surface area (TPSA) is 75.3 Å². The van der Waals surface area contributed by atoms with Gasteiger partial charge in [0.2, 0.25) is 5.91 Å². The van der Waals surface area contributed by atoms with Crippen molar-refractivity contribution in [2.75, 3.05) is 6.54 Å². The van der Waals surface area contributed by atoms with Gasteiger partial charge in [0, 0.05) is 11.4 Å². The normalized spacial score (nSPS) is 14.5. The van der Waals surface area contributed by atoms with Gasteiger partial charge in [0.25, 0.3) is 0 Å². The van der Waals surface area contributed by atoms with E-state index in [0.717, 1.165) is 17.7 Å². The van der Waals surface area contributed by atoms with Gasteiger partial charge in [-0.3, -0.25) is 4.79 Å². The number of hydrogen-bond acceptors (Lipinski definition) is 4. The molecule has 0 aliphatic rings. The fourth-order valence-electron chi connectivity index (χ4n) is 1.91. The molecule has 0 aliphatic heterocycles. The zero-order valence-corrected chi connectivity index (χ0v) is 11.7. The largest absolute Gasteiger partial charge is 0.391 e. The molecule has 0 saturated carbocycles. The van der Waals surface area contributed by atoms with Gasteiger partial charge in [0.1, 0.15) is 6.04 Å². The number of aliphatic hydroxyl groups is 1. The van der Waals surface area contributed by atoms with E-state index in [4.69, 9.17) is 5.73 Å². The average Bonchev–Trinajstić information content (AvgIpc) is 2.90. The highest BCUT2D eigenvalue weighted by Gasteiger charge is 2.20. The minimum absolute atomic E-state index is 0.225. The Bertz CT molecular complexity index is 350. The van der Waals surface area contributed by atoms with Crippen LogP contribution in [-0.4, -0.2) is 23.7 Å². The maximum absolute atomic E-state index is 11.8. The van der Waals surface area contributed by atoms with E-state index in [9.17, 15) is 9.90 Å². The maximum Gasteiger partial charge on any atom is 0.242 e. The molecule has 0 aromatic carbocycles. The summed E-state index contributed by atoms with van der Waals surface area (Å²) in [6.07, 6.45) is 1.31. The SMILES string of the molecule is CCC(CC)C(O)CNC(=O)C(N)c1cccs1. The van der Waals surface area contributed by atoms with Gasteiger partial charge in [0.05, 0.1) is 6.10 Å². The Morgan fingerprint density at radius 1 is 1.50 bits per heavy atom. The molecule has 102 valence electrons. The summed E-state index contributed by atoms with van der Waals surface area (Å²) in [6.45, 7) is 4.34. The lowest BCUT2D eigenvalue weighted by atomic mass is 9.96. The summed E-state index contributed by atoms with van der Waals surface area (Å²) >= 11 is 1.46. The maximum atomic E-state index is 11.8. The highest BCUT2D eigenvalue weighted by atomic mass is 32.1. The molecule has 0 fully saturated rings. The molecule has 18 heavy (non-hydrogen) atoms. The minimum Gasteiger partial charge on any atom is -0.391 e. The van der Waals surface area contributed by atoms with Crippen LogP contribution in [0.25, 0.3) is 0 Å². The Balaban J connectivity index is 2.41. The lowest BCUT2D eigenvalue weighted by molar-refractivity contribution is -0.123. The lowest BCUT2D eigenvalue weighted by Gasteiger charge is -2.21. The van der Waals surface area contributed by atoms with Crippen LogP contribution in [0.1, 0.15) is 37.6 Å². The van der Waals surface area contributed by atoms with Crippen LogP contribution in [0.3, 0.4) is 0 Å². The second-order valence-corrected chi connectivity index (χ2v) is 5.36. The molecule has 1 aromatic heterocycles. The number of aliphatic hydroxyl groups excluding tert-OH is 1. The first-order valence-electron chi connectivity index (χ1n) is 6.34. The second-order valence-electron chi connectivity index (χ2n) is 4.38. The number of carbonyl (C=O) groups excluding carboxylic acids is 1. The van der Waals surface area contributed by atoms with Crippen molar-refractivity contribution in [2.24, 2.45) is 11.7 Å². The Kier molecular flexibility index (Phi) is 6.32. The molecule has 0 radical (unpaired) electrons. The summed E-state index contributed by atoms with van der Waals surface area (Å²) in [5.41, 5.74) is 5.83. The van der Waals surface area contributed by atoms with E-state index in [1.165, 1.54) is 11.3 Å². The molecule has 1 heterocycles. The van der Waals surface area contributed by atoms with Crippen molar-refractivity contribution >= 4 is 17.2 Å². The van der Waals surface area contributed by atoms with Gasteiger partial charge in [0.15, 0.2) is 0 Å². The zero-order valence-electron chi connectivity index (χ0n) is 10.9. The fourth-order valence-corrected chi connectivity index (χ4v) is 2.64. The summed E-state index contributed by atoms with van der Waals surface area (Å²) in [5, 5.41) is 14.5. The van der Waals surface area contributed by atoms with Gasteiger partial charge in [-0.2, -0.15) is 0 Å². The molecular formula is C13H22N2O2S. The Morgan fingerprint density at radius 3 is 2.67 bits per heavy atom. The van der Waals surface area contributed by atoms with E-state index in [2.05, 4.69) is 5.32 Å². The standard InChI is InChI=1S/C13H22N2O2S/c1-3-9(4-2)10(16)8-15-13(17)12(14)11-6-5-7-18-11/h5-7,9-10,12,16H,3-4,8,14H2,1-2H3,(H,15,17). The Labute approximate surface area is 112 Å². The third-order valence-corrected chi connectivity index (χ3v) is 4.17. The monoisotopic (exact) mass is 270 g/mol. The smallest absolute Gasteiger partial charge is 0.242 e. The number of nitrogens with two attached hydrogens (primary N) is 1. The van der Waals surface area contributed by atoms with E-state index in [1.807, 2.05) is 31.4 Å².